The van der Waals surface area contributed by atoms with Crippen LogP contribution in [0.15, 0.2) is 42.5 Å². The van der Waals surface area contributed by atoms with Gasteiger partial charge in [0.1, 0.15) is 0 Å². The summed E-state index contributed by atoms with van der Waals surface area (Å²) >= 11 is 2.13. The molecule has 1 N–H and O–H groups in total. The number of hydrogen-bond acceptors (Lipinski definition) is 2. The molecule has 1 nitrogen and oxygen atoms in total. The molecule has 2 aromatic rings. The highest BCUT2D eigenvalue weighted by molar-refractivity contribution is 7.99. The molecule has 1 aliphatic carbocycles. The van der Waals surface area contributed by atoms with Gasteiger partial charge in [-0.2, -0.15) is 11.8 Å². The van der Waals surface area contributed by atoms with Crippen LogP contribution < -0.4 is 5.32 Å². The zero-order valence-electron chi connectivity index (χ0n) is 13.0. The van der Waals surface area contributed by atoms with Gasteiger partial charge in [-0.15, -0.1) is 0 Å². The van der Waals surface area contributed by atoms with E-state index in [1.807, 2.05) is 0 Å². The first-order valence-electron chi connectivity index (χ1n) is 8.15. The van der Waals surface area contributed by atoms with Crippen LogP contribution in [0, 0.1) is 0 Å². The summed E-state index contributed by atoms with van der Waals surface area (Å²) < 4.78 is 0. The highest BCUT2D eigenvalue weighted by atomic mass is 32.2. The third-order valence-corrected chi connectivity index (χ3v) is 5.91. The van der Waals surface area contributed by atoms with E-state index in [0.717, 1.165) is 5.25 Å². The predicted octanol–water partition coefficient (Wildman–Crippen LogP) is 5.16. The molecule has 1 aliphatic rings. The van der Waals surface area contributed by atoms with Gasteiger partial charge in [0.2, 0.25) is 0 Å². The largest absolute Gasteiger partial charge is 0.306 e. The van der Waals surface area contributed by atoms with Crippen molar-refractivity contribution >= 4 is 22.5 Å². The van der Waals surface area contributed by atoms with Gasteiger partial charge in [0.25, 0.3) is 0 Å². The molecule has 0 saturated heterocycles. The Balaban J connectivity index is 1.79. The SMILES string of the molecule is CCSC1CCCC1NC(C)c1cccc2ccccc12. The molecule has 0 radical (unpaired) electrons. The molecule has 0 aliphatic heterocycles. The predicted molar refractivity (Wildman–Crippen MR) is 95.1 cm³/mol. The maximum absolute atomic E-state index is 3.90. The monoisotopic (exact) mass is 299 g/mol. The maximum atomic E-state index is 3.90. The fraction of sp³-hybridized carbons (Fsp3) is 0.474. The van der Waals surface area contributed by atoms with Gasteiger partial charge in [-0.1, -0.05) is 55.8 Å². The van der Waals surface area contributed by atoms with Crippen LogP contribution in [0.1, 0.15) is 44.7 Å². The molecular weight excluding hydrogens is 274 g/mol. The van der Waals surface area contributed by atoms with Crippen LogP contribution >= 0.6 is 11.8 Å². The van der Waals surface area contributed by atoms with Gasteiger partial charge >= 0.3 is 0 Å². The Hall–Kier alpha value is -0.990. The van der Waals surface area contributed by atoms with Gasteiger partial charge in [-0.3, -0.25) is 0 Å². The van der Waals surface area contributed by atoms with Crippen LogP contribution in [0.5, 0.6) is 0 Å². The Labute approximate surface area is 132 Å². The summed E-state index contributed by atoms with van der Waals surface area (Å²) in [5, 5.41) is 7.43. The molecule has 0 bridgehead atoms. The van der Waals surface area contributed by atoms with Crippen molar-refractivity contribution in [2.75, 3.05) is 5.75 Å². The van der Waals surface area contributed by atoms with Crippen molar-refractivity contribution in [3.63, 3.8) is 0 Å². The minimum Gasteiger partial charge on any atom is -0.306 e. The first-order valence-corrected chi connectivity index (χ1v) is 9.19. The highest BCUT2D eigenvalue weighted by Crippen LogP contribution is 2.32. The van der Waals surface area contributed by atoms with Crippen molar-refractivity contribution < 1.29 is 0 Å². The van der Waals surface area contributed by atoms with E-state index in [4.69, 9.17) is 0 Å². The lowest BCUT2D eigenvalue weighted by Gasteiger charge is -2.25. The van der Waals surface area contributed by atoms with Crippen LogP contribution in [0.2, 0.25) is 0 Å². The topological polar surface area (TPSA) is 12.0 Å². The fourth-order valence-corrected chi connectivity index (χ4v) is 4.78. The standard InChI is InChI=1S/C19H25NS/c1-3-21-19-13-7-12-18(19)20-14(2)16-11-6-9-15-8-4-5-10-17(15)16/h4-6,8-11,14,18-20H,3,7,12-13H2,1-2H3. The van der Waals surface area contributed by atoms with E-state index in [1.54, 1.807) is 0 Å². The molecule has 0 heterocycles. The summed E-state index contributed by atoms with van der Waals surface area (Å²) in [7, 11) is 0. The van der Waals surface area contributed by atoms with E-state index in [-0.39, 0.29) is 0 Å². The number of rotatable bonds is 5. The van der Waals surface area contributed by atoms with Crippen molar-refractivity contribution in [3.05, 3.63) is 48.0 Å². The van der Waals surface area contributed by atoms with E-state index < -0.39 is 0 Å². The van der Waals surface area contributed by atoms with Gasteiger partial charge in [0.15, 0.2) is 0 Å². The summed E-state index contributed by atoms with van der Waals surface area (Å²) in [4.78, 5) is 0. The quantitative estimate of drug-likeness (QED) is 0.818. The first kappa shape index (κ1) is 14.9. The molecule has 0 aromatic heterocycles. The molecule has 3 rings (SSSR count). The minimum atomic E-state index is 0.416. The van der Waals surface area contributed by atoms with Crippen molar-refractivity contribution in [3.8, 4) is 0 Å². The lowest BCUT2D eigenvalue weighted by atomic mass is 9.99. The third-order valence-electron chi connectivity index (χ3n) is 4.59. The van der Waals surface area contributed by atoms with Gasteiger partial charge in [-0.05, 0) is 41.9 Å². The average Bonchev–Trinajstić information content (AvgIpc) is 2.94. The van der Waals surface area contributed by atoms with Crippen LogP contribution in [0.25, 0.3) is 10.8 Å². The molecule has 3 atom stereocenters. The third kappa shape index (κ3) is 3.27. The fourth-order valence-electron chi connectivity index (χ4n) is 3.57. The average molecular weight is 299 g/mol. The van der Waals surface area contributed by atoms with Crippen molar-refractivity contribution in [2.45, 2.75) is 50.4 Å². The van der Waals surface area contributed by atoms with E-state index in [1.165, 1.54) is 41.4 Å². The maximum Gasteiger partial charge on any atom is 0.0300 e. The lowest BCUT2D eigenvalue weighted by Crippen LogP contribution is -2.36. The molecular formula is C19H25NS. The number of thioether (sulfide) groups is 1. The second kappa shape index (κ2) is 6.85. The number of hydrogen-bond donors (Lipinski definition) is 1. The Morgan fingerprint density at radius 1 is 1.14 bits per heavy atom. The Bertz CT molecular complexity index is 590. The summed E-state index contributed by atoms with van der Waals surface area (Å²) in [5.74, 6) is 1.23. The van der Waals surface area contributed by atoms with Crippen molar-refractivity contribution in [2.24, 2.45) is 0 Å². The smallest absolute Gasteiger partial charge is 0.0300 e. The number of benzene rings is 2. The lowest BCUT2D eigenvalue weighted by molar-refractivity contribution is 0.469. The molecule has 2 heteroatoms. The zero-order chi connectivity index (χ0) is 14.7. The Morgan fingerprint density at radius 2 is 1.95 bits per heavy atom. The second-order valence-corrected chi connectivity index (χ2v) is 7.50. The molecule has 0 amide bonds. The van der Waals surface area contributed by atoms with Crippen LogP contribution in [-0.4, -0.2) is 17.0 Å². The van der Waals surface area contributed by atoms with Gasteiger partial charge in [-0.25, -0.2) is 0 Å². The molecule has 112 valence electrons. The second-order valence-electron chi connectivity index (χ2n) is 5.99. The molecule has 1 fully saturated rings. The van der Waals surface area contributed by atoms with Crippen LogP contribution in [-0.2, 0) is 0 Å². The molecule has 3 unspecified atom stereocenters. The van der Waals surface area contributed by atoms with E-state index in [2.05, 4.69) is 73.4 Å². The minimum absolute atomic E-state index is 0.416. The number of nitrogens with one attached hydrogen (secondary N) is 1. The van der Waals surface area contributed by atoms with Crippen LogP contribution in [0.4, 0.5) is 0 Å². The van der Waals surface area contributed by atoms with Crippen LogP contribution in [0.3, 0.4) is 0 Å². The Kier molecular flexibility index (Phi) is 4.87. The van der Waals surface area contributed by atoms with Crippen molar-refractivity contribution in [1.29, 1.82) is 0 Å². The zero-order valence-corrected chi connectivity index (χ0v) is 13.8. The molecule has 2 aromatic carbocycles. The molecule has 21 heavy (non-hydrogen) atoms. The molecule has 1 saturated carbocycles. The molecule has 0 spiro atoms. The normalized spacial score (nSPS) is 23.5. The first-order chi connectivity index (χ1) is 10.3. The summed E-state index contributed by atoms with van der Waals surface area (Å²) in [6.45, 7) is 4.59. The van der Waals surface area contributed by atoms with Gasteiger partial charge in [0.05, 0.1) is 0 Å². The Morgan fingerprint density at radius 3 is 2.81 bits per heavy atom. The van der Waals surface area contributed by atoms with Gasteiger partial charge < -0.3 is 5.32 Å². The summed E-state index contributed by atoms with van der Waals surface area (Å²) in [5.41, 5.74) is 1.43. The van der Waals surface area contributed by atoms with E-state index >= 15 is 0 Å². The van der Waals surface area contributed by atoms with E-state index in [0.29, 0.717) is 12.1 Å². The van der Waals surface area contributed by atoms with E-state index in [9.17, 15) is 0 Å². The highest BCUT2D eigenvalue weighted by Gasteiger charge is 2.28. The van der Waals surface area contributed by atoms with Gasteiger partial charge in [0, 0.05) is 17.3 Å². The summed E-state index contributed by atoms with van der Waals surface area (Å²) in [6, 6.07) is 16.5. The summed E-state index contributed by atoms with van der Waals surface area (Å²) in [6.07, 6.45) is 4.07. The van der Waals surface area contributed by atoms with Crippen molar-refractivity contribution in [1.82, 2.24) is 5.32 Å². The number of fused-ring (bicyclic) bond motifs is 1.